The fourth-order valence-corrected chi connectivity index (χ4v) is 3.18. The van der Waals surface area contributed by atoms with Gasteiger partial charge < -0.3 is 14.4 Å². The number of ketones is 2. The lowest BCUT2D eigenvalue weighted by molar-refractivity contribution is -0.116. The Hall–Kier alpha value is -3.20. The van der Waals surface area contributed by atoms with Crippen molar-refractivity contribution in [3.05, 3.63) is 63.4 Å². The summed E-state index contributed by atoms with van der Waals surface area (Å²) in [5, 5.41) is 9.96. The van der Waals surface area contributed by atoms with Crippen LogP contribution in [0.2, 0.25) is 0 Å². The first-order valence-electron chi connectivity index (χ1n) is 8.88. The Morgan fingerprint density at radius 1 is 1.21 bits per heavy atom. The van der Waals surface area contributed by atoms with E-state index in [0.29, 0.717) is 12.5 Å². The zero-order chi connectivity index (χ0) is 21.1. The molecule has 1 N–H and O–H groups in total. The van der Waals surface area contributed by atoms with Crippen molar-refractivity contribution in [2.45, 2.75) is 25.8 Å². The molecule has 9 heteroatoms. The highest BCUT2D eigenvalue weighted by Gasteiger charge is 2.30. The van der Waals surface area contributed by atoms with E-state index >= 15 is 0 Å². The van der Waals surface area contributed by atoms with E-state index in [1.807, 2.05) is 0 Å². The summed E-state index contributed by atoms with van der Waals surface area (Å²) >= 11 is 0. The first kappa shape index (κ1) is 20.5. The summed E-state index contributed by atoms with van der Waals surface area (Å²) in [5.74, 6) is -3.57. The summed E-state index contributed by atoms with van der Waals surface area (Å²) in [5.41, 5.74) is -1.72. The SMILES string of the molecule is COCCn1c(-c2cc(F)cc(F)c2)cnc(C(=O)C2=C(O)CCCC2=O)c1=O. The van der Waals surface area contributed by atoms with Crippen LogP contribution in [0.3, 0.4) is 0 Å². The lowest BCUT2D eigenvalue weighted by Gasteiger charge is -2.16. The first-order chi connectivity index (χ1) is 13.8. The molecule has 0 unspecified atom stereocenters. The highest BCUT2D eigenvalue weighted by molar-refractivity contribution is 6.26. The predicted molar refractivity (Wildman–Crippen MR) is 98.6 cm³/mol. The van der Waals surface area contributed by atoms with Gasteiger partial charge in [0.05, 0.1) is 18.5 Å². The number of rotatable bonds is 6. The van der Waals surface area contributed by atoms with Gasteiger partial charge in [0.1, 0.15) is 23.0 Å². The van der Waals surface area contributed by atoms with Crippen LogP contribution >= 0.6 is 0 Å². The van der Waals surface area contributed by atoms with Gasteiger partial charge in [0.25, 0.3) is 5.56 Å². The molecule has 3 rings (SSSR count). The van der Waals surface area contributed by atoms with Gasteiger partial charge in [-0.25, -0.2) is 13.8 Å². The quantitative estimate of drug-likeness (QED) is 0.587. The third kappa shape index (κ3) is 4.14. The van der Waals surface area contributed by atoms with Crippen LogP contribution in [0.1, 0.15) is 29.8 Å². The standard InChI is InChI=1S/C20H18F2N2O5/c1-29-6-5-24-14(11-7-12(21)9-13(22)8-11)10-23-18(20(24)28)19(27)17-15(25)3-2-4-16(17)26/h7-10,25H,2-6H2,1H3. The van der Waals surface area contributed by atoms with Gasteiger partial charge in [0, 0.05) is 38.1 Å². The molecule has 0 fully saturated rings. The van der Waals surface area contributed by atoms with Crippen LogP contribution in [0.15, 0.2) is 40.5 Å². The third-order valence-electron chi connectivity index (χ3n) is 4.56. The van der Waals surface area contributed by atoms with E-state index in [4.69, 9.17) is 4.74 Å². The van der Waals surface area contributed by atoms with Crippen molar-refractivity contribution in [3.8, 4) is 11.3 Å². The molecule has 0 radical (unpaired) electrons. The molecule has 0 saturated carbocycles. The number of carbonyl (C=O) groups excluding carboxylic acids is 2. The Morgan fingerprint density at radius 3 is 2.52 bits per heavy atom. The summed E-state index contributed by atoms with van der Waals surface area (Å²) in [6.07, 6.45) is 1.79. The Morgan fingerprint density at radius 2 is 1.90 bits per heavy atom. The van der Waals surface area contributed by atoms with Gasteiger partial charge in [0.2, 0.25) is 5.78 Å². The number of aliphatic hydroxyl groups excluding tert-OH is 1. The molecule has 2 aromatic rings. The number of aromatic nitrogens is 2. The molecule has 1 aromatic heterocycles. The number of halogens is 2. The third-order valence-corrected chi connectivity index (χ3v) is 4.56. The van der Waals surface area contributed by atoms with Crippen LogP contribution in [0.4, 0.5) is 8.78 Å². The maximum Gasteiger partial charge on any atom is 0.281 e. The fourth-order valence-electron chi connectivity index (χ4n) is 3.18. The van der Waals surface area contributed by atoms with E-state index in [-0.39, 0.29) is 43.0 Å². The number of methoxy groups -OCH3 is 1. The average Bonchev–Trinajstić information content (AvgIpc) is 2.65. The van der Waals surface area contributed by atoms with Crippen LogP contribution in [0.25, 0.3) is 11.3 Å². The van der Waals surface area contributed by atoms with Crippen LogP contribution in [-0.2, 0) is 16.1 Å². The van der Waals surface area contributed by atoms with E-state index in [9.17, 15) is 28.3 Å². The van der Waals surface area contributed by atoms with Crippen LogP contribution < -0.4 is 5.56 Å². The smallest absolute Gasteiger partial charge is 0.281 e. The number of aliphatic hydroxyl groups is 1. The van der Waals surface area contributed by atoms with Gasteiger partial charge in [0.15, 0.2) is 11.5 Å². The number of hydrogen-bond donors (Lipinski definition) is 1. The van der Waals surface area contributed by atoms with Gasteiger partial charge in [-0.2, -0.15) is 0 Å². The van der Waals surface area contributed by atoms with Gasteiger partial charge in [-0.3, -0.25) is 14.4 Å². The highest BCUT2D eigenvalue weighted by atomic mass is 19.1. The topological polar surface area (TPSA) is 98.5 Å². The first-order valence-corrected chi connectivity index (χ1v) is 8.88. The van der Waals surface area contributed by atoms with E-state index in [2.05, 4.69) is 4.98 Å². The number of carbonyl (C=O) groups is 2. The van der Waals surface area contributed by atoms with Crippen molar-refractivity contribution in [1.82, 2.24) is 9.55 Å². The predicted octanol–water partition coefficient (Wildman–Crippen LogP) is 2.58. The van der Waals surface area contributed by atoms with Crippen molar-refractivity contribution >= 4 is 11.6 Å². The van der Waals surface area contributed by atoms with Crippen LogP contribution in [-0.4, -0.2) is 39.9 Å². The van der Waals surface area contributed by atoms with Crippen molar-refractivity contribution in [2.75, 3.05) is 13.7 Å². The summed E-state index contributed by atoms with van der Waals surface area (Å²) in [6, 6.07) is 2.75. The number of Topliss-reactive ketones (excluding diaryl/α,β-unsaturated/α-hetero) is 2. The fraction of sp³-hybridized carbons (Fsp3) is 0.300. The molecule has 0 atom stereocenters. The molecule has 1 aliphatic rings. The maximum absolute atomic E-state index is 13.6. The monoisotopic (exact) mass is 404 g/mol. The normalized spacial score (nSPS) is 14.4. The van der Waals surface area contributed by atoms with Crippen molar-refractivity contribution in [3.63, 3.8) is 0 Å². The Balaban J connectivity index is 2.15. The van der Waals surface area contributed by atoms with E-state index in [1.165, 1.54) is 7.11 Å². The second-order valence-corrected chi connectivity index (χ2v) is 6.53. The lowest BCUT2D eigenvalue weighted by atomic mass is 9.92. The zero-order valence-electron chi connectivity index (χ0n) is 15.6. The molecule has 0 bridgehead atoms. The molecule has 1 aromatic carbocycles. The second-order valence-electron chi connectivity index (χ2n) is 6.53. The Kier molecular flexibility index (Phi) is 5.97. The largest absolute Gasteiger partial charge is 0.511 e. The minimum Gasteiger partial charge on any atom is -0.511 e. The van der Waals surface area contributed by atoms with Crippen molar-refractivity contribution in [2.24, 2.45) is 0 Å². The minimum absolute atomic E-state index is 0.0232. The number of benzene rings is 1. The van der Waals surface area contributed by atoms with Gasteiger partial charge in [-0.15, -0.1) is 0 Å². The van der Waals surface area contributed by atoms with E-state index in [1.54, 1.807) is 0 Å². The summed E-state index contributed by atoms with van der Waals surface area (Å²) < 4.78 is 33.3. The molecule has 0 aliphatic heterocycles. The molecular weight excluding hydrogens is 386 g/mol. The molecule has 152 valence electrons. The number of hydrogen-bond acceptors (Lipinski definition) is 6. The summed E-state index contributed by atoms with van der Waals surface area (Å²) in [6.45, 7) is 0.0554. The molecule has 0 amide bonds. The van der Waals surface area contributed by atoms with Crippen LogP contribution in [0, 0.1) is 11.6 Å². The van der Waals surface area contributed by atoms with Gasteiger partial charge >= 0.3 is 0 Å². The van der Waals surface area contributed by atoms with Crippen molar-refractivity contribution in [1.29, 1.82) is 0 Å². The molecule has 0 spiro atoms. The summed E-state index contributed by atoms with van der Waals surface area (Å²) in [7, 11) is 1.41. The van der Waals surface area contributed by atoms with Gasteiger partial charge in [-0.1, -0.05) is 0 Å². The maximum atomic E-state index is 13.6. The van der Waals surface area contributed by atoms with E-state index < -0.39 is 40.0 Å². The minimum atomic E-state index is -0.972. The van der Waals surface area contributed by atoms with E-state index in [0.717, 1.165) is 22.9 Å². The summed E-state index contributed by atoms with van der Waals surface area (Å²) in [4.78, 5) is 41.6. The van der Waals surface area contributed by atoms with Gasteiger partial charge in [-0.05, 0) is 18.6 Å². The van der Waals surface area contributed by atoms with Crippen LogP contribution in [0.5, 0.6) is 0 Å². The molecule has 1 heterocycles. The molecule has 7 nitrogen and oxygen atoms in total. The Labute approximate surface area is 164 Å². The average molecular weight is 404 g/mol. The molecule has 1 aliphatic carbocycles. The lowest BCUT2D eigenvalue weighted by Crippen LogP contribution is -2.33. The number of allylic oxidation sites excluding steroid dienone is 2. The Bertz CT molecular complexity index is 1050. The second kappa shape index (κ2) is 8.44. The zero-order valence-corrected chi connectivity index (χ0v) is 15.6. The molecule has 0 saturated heterocycles. The molecule has 29 heavy (non-hydrogen) atoms. The highest BCUT2D eigenvalue weighted by Crippen LogP contribution is 2.24. The number of ether oxygens (including phenoxy) is 1. The molecular formula is C20H18F2N2O5. The van der Waals surface area contributed by atoms with Crippen molar-refractivity contribution < 1.29 is 28.2 Å². The number of nitrogens with zero attached hydrogens (tertiary/aromatic N) is 2.